The summed E-state index contributed by atoms with van der Waals surface area (Å²) in [6.07, 6.45) is 11.7. The van der Waals surface area contributed by atoms with Gasteiger partial charge in [0.2, 0.25) is 6.33 Å². The van der Waals surface area contributed by atoms with Crippen molar-refractivity contribution in [3.63, 3.8) is 0 Å². The van der Waals surface area contributed by atoms with Crippen molar-refractivity contribution >= 4 is 44.6 Å². The summed E-state index contributed by atoms with van der Waals surface area (Å²) in [5.41, 5.74) is 10.8. The summed E-state index contributed by atoms with van der Waals surface area (Å²) in [4.78, 5) is 6.92. The van der Waals surface area contributed by atoms with E-state index in [4.69, 9.17) is 0 Å². The average molecular weight is 551 g/mol. The Balaban J connectivity index is 1.42. The lowest BCUT2D eigenvalue weighted by atomic mass is 9.86. The van der Waals surface area contributed by atoms with Crippen LogP contribution in [0, 0.1) is 6.33 Å². The van der Waals surface area contributed by atoms with E-state index >= 15 is 0 Å². The lowest BCUT2D eigenvalue weighted by Gasteiger charge is -2.34. The van der Waals surface area contributed by atoms with Gasteiger partial charge in [-0.3, -0.25) is 0 Å². The van der Waals surface area contributed by atoms with E-state index in [0.717, 1.165) is 23.7 Å². The Bertz CT molecular complexity index is 2050. The molecule has 0 saturated heterocycles. The van der Waals surface area contributed by atoms with Gasteiger partial charge in [0, 0.05) is 54.0 Å². The molecule has 0 bridgehead atoms. The lowest BCUT2D eigenvalue weighted by Crippen LogP contribution is -2.24. The second-order valence-corrected chi connectivity index (χ2v) is 12.6. The number of rotatable bonds is 3. The van der Waals surface area contributed by atoms with Gasteiger partial charge in [-0.25, -0.2) is 0 Å². The minimum atomic E-state index is 0.0716. The molecule has 42 heavy (non-hydrogen) atoms. The number of aromatic nitrogens is 3. The summed E-state index contributed by atoms with van der Waals surface area (Å²) in [6.45, 7) is 7.69. The van der Waals surface area contributed by atoms with E-state index in [2.05, 4.69) is 145 Å². The fraction of sp³-hybridized carbons (Fsp3) is 0.194. The van der Waals surface area contributed by atoms with Crippen LogP contribution >= 0.6 is 0 Å². The first kappa shape index (κ1) is 24.8. The van der Waals surface area contributed by atoms with Crippen LogP contribution in [0.25, 0.3) is 33.2 Å². The summed E-state index contributed by atoms with van der Waals surface area (Å²) < 4.78 is 6.46. The number of para-hydroxylation sites is 1. The van der Waals surface area contributed by atoms with Crippen molar-refractivity contribution in [3.8, 4) is 11.4 Å². The molecule has 0 unspecified atom stereocenters. The first-order valence-corrected chi connectivity index (χ1v) is 14.5. The molecule has 0 fully saturated rings. The molecule has 208 valence electrons. The number of nitrogens with zero attached hydrogens (tertiary/aromatic N) is 6. The van der Waals surface area contributed by atoms with Crippen LogP contribution < -0.4 is 14.4 Å². The molecule has 0 N–H and O–H groups in total. The minimum Gasteiger partial charge on any atom is -0.361 e. The highest BCUT2D eigenvalue weighted by atomic mass is 15.3. The first-order chi connectivity index (χ1) is 20.3. The maximum absolute atomic E-state index is 3.35. The number of anilines is 4. The quantitative estimate of drug-likeness (QED) is 0.169. The molecule has 6 heteroatoms. The van der Waals surface area contributed by atoms with E-state index < -0.39 is 0 Å². The molecule has 8 rings (SSSR count). The van der Waals surface area contributed by atoms with Gasteiger partial charge in [-0.15, -0.1) is 0 Å². The van der Waals surface area contributed by atoms with Gasteiger partial charge in [0.05, 0.1) is 47.5 Å². The standard InChI is InChI=1S/C36H34N6/c1-36(2,3)25-12-14-31-30(20-25)29-10-7-11-33-35(29)42(31)32-15-13-27(40-19-17-38(5)24-40)22-34(32)41(33)28-9-6-8-26(21-28)39-18-16-37(4)23-39/h6-22H,24H2,1-5H3. The highest BCUT2D eigenvalue weighted by molar-refractivity contribution is 6.17. The van der Waals surface area contributed by atoms with Gasteiger partial charge in [-0.1, -0.05) is 51.1 Å². The SMILES string of the molecule is CN1C=CN(c2ccc3c(c2)N(c2cccc(-n4[c-][n+](C)cc4)c2)c2cccc4c5cc(C(C)(C)C)ccc5n-3c24)C1. The zero-order valence-corrected chi connectivity index (χ0v) is 24.7. The third-order valence-corrected chi connectivity index (χ3v) is 8.59. The number of fused-ring (bicyclic) bond motifs is 5. The van der Waals surface area contributed by atoms with Crippen LogP contribution in [0.5, 0.6) is 0 Å². The summed E-state index contributed by atoms with van der Waals surface area (Å²) in [5, 5.41) is 2.57. The number of aryl methyl sites for hydroxylation is 1. The van der Waals surface area contributed by atoms with E-state index in [0.29, 0.717) is 0 Å². The molecule has 2 aromatic heterocycles. The van der Waals surface area contributed by atoms with E-state index in [-0.39, 0.29) is 5.41 Å². The molecule has 4 heterocycles. The molecule has 6 aromatic rings. The van der Waals surface area contributed by atoms with Gasteiger partial charge < -0.3 is 28.4 Å². The van der Waals surface area contributed by atoms with Crippen LogP contribution in [0.1, 0.15) is 26.3 Å². The van der Waals surface area contributed by atoms with Crippen LogP contribution in [0.3, 0.4) is 0 Å². The Morgan fingerprint density at radius 3 is 2.36 bits per heavy atom. The molecular formula is C36H34N6. The number of hydrogen-bond acceptors (Lipinski definition) is 3. The minimum absolute atomic E-state index is 0.0716. The molecular weight excluding hydrogens is 516 g/mol. The van der Waals surface area contributed by atoms with E-state index in [1.165, 1.54) is 44.4 Å². The summed E-state index contributed by atoms with van der Waals surface area (Å²) >= 11 is 0. The van der Waals surface area contributed by atoms with Gasteiger partial charge in [0.15, 0.2) is 0 Å². The molecule has 0 spiro atoms. The Labute approximate surface area is 246 Å². The van der Waals surface area contributed by atoms with Crippen molar-refractivity contribution in [2.75, 3.05) is 23.5 Å². The van der Waals surface area contributed by atoms with E-state index in [9.17, 15) is 0 Å². The topological polar surface area (TPSA) is 23.5 Å². The van der Waals surface area contributed by atoms with Gasteiger partial charge >= 0.3 is 0 Å². The third kappa shape index (κ3) is 3.68. The van der Waals surface area contributed by atoms with Crippen molar-refractivity contribution in [2.24, 2.45) is 7.05 Å². The predicted octanol–water partition coefficient (Wildman–Crippen LogP) is 7.46. The number of hydrogen-bond donors (Lipinski definition) is 0. The maximum atomic E-state index is 3.35. The van der Waals surface area contributed by atoms with Crippen molar-refractivity contribution < 1.29 is 4.57 Å². The van der Waals surface area contributed by atoms with Crippen LogP contribution in [-0.4, -0.2) is 27.8 Å². The van der Waals surface area contributed by atoms with Crippen molar-refractivity contribution in [1.82, 2.24) is 14.0 Å². The molecule has 0 amide bonds. The monoisotopic (exact) mass is 550 g/mol. The molecule has 0 saturated carbocycles. The van der Waals surface area contributed by atoms with Gasteiger partial charge in [0.25, 0.3) is 0 Å². The van der Waals surface area contributed by atoms with Crippen LogP contribution in [-0.2, 0) is 12.5 Å². The van der Waals surface area contributed by atoms with Crippen molar-refractivity contribution in [3.05, 3.63) is 116 Å². The fourth-order valence-electron chi connectivity index (χ4n) is 6.44. The van der Waals surface area contributed by atoms with Gasteiger partial charge in [0.1, 0.15) is 0 Å². The Morgan fingerprint density at radius 2 is 1.60 bits per heavy atom. The van der Waals surface area contributed by atoms with Gasteiger partial charge in [-0.2, -0.15) is 0 Å². The molecule has 6 nitrogen and oxygen atoms in total. The van der Waals surface area contributed by atoms with E-state index in [1.54, 1.807) is 0 Å². The molecule has 2 aliphatic rings. The Kier molecular flexibility index (Phi) is 5.17. The summed E-state index contributed by atoms with van der Waals surface area (Å²) in [7, 11) is 4.10. The second-order valence-electron chi connectivity index (χ2n) is 12.6. The normalized spacial score (nSPS) is 14.5. The van der Waals surface area contributed by atoms with Crippen LogP contribution in [0.2, 0.25) is 0 Å². The van der Waals surface area contributed by atoms with Gasteiger partial charge in [-0.05, 0) is 59.5 Å². The highest BCUT2D eigenvalue weighted by Crippen LogP contribution is 2.51. The van der Waals surface area contributed by atoms with Crippen molar-refractivity contribution in [2.45, 2.75) is 26.2 Å². The first-order valence-electron chi connectivity index (χ1n) is 14.5. The fourth-order valence-corrected chi connectivity index (χ4v) is 6.44. The maximum Gasteiger partial charge on any atom is 0.243 e. The Morgan fingerprint density at radius 1 is 0.762 bits per heavy atom. The average Bonchev–Trinajstić information content (AvgIpc) is 3.70. The molecule has 2 aliphatic heterocycles. The zero-order chi connectivity index (χ0) is 28.7. The smallest absolute Gasteiger partial charge is 0.243 e. The molecule has 0 radical (unpaired) electrons. The third-order valence-electron chi connectivity index (χ3n) is 8.59. The Hall–Kier alpha value is -4.97. The largest absolute Gasteiger partial charge is 0.361 e. The zero-order valence-electron chi connectivity index (χ0n) is 24.7. The summed E-state index contributed by atoms with van der Waals surface area (Å²) in [5.74, 6) is 0. The van der Waals surface area contributed by atoms with Crippen LogP contribution in [0.4, 0.5) is 22.7 Å². The highest BCUT2D eigenvalue weighted by Gasteiger charge is 2.30. The lowest BCUT2D eigenvalue weighted by molar-refractivity contribution is -0.674. The van der Waals surface area contributed by atoms with E-state index in [1.807, 2.05) is 28.6 Å². The molecule has 0 aliphatic carbocycles. The number of imidazole rings is 1. The summed E-state index contributed by atoms with van der Waals surface area (Å²) in [6, 6.07) is 29.4. The van der Waals surface area contributed by atoms with Crippen LogP contribution in [0.15, 0.2) is 104 Å². The molecule has 0 atom stereocenters. The number of benzene rings is 4. The predicted molar refractivity (Wildman–Crippen MR) is 171 cm³/mol. The van der Waals surface area contributed by atoms with Crippen molar-refractivity contribution in [1.29, 1.82) is 0 Å². The molecule has 4 aromatic carbocycles. The second kappa shape index (κ2) is 8.76.